The molecule has 270 valence electrons. The molecule has 2 aromatic carbocycles. The quantitative estimate of drug-likeness (QED) is 0.159. The van der Waals surface area contributed by atoms with E-state index in [0.717, 1.165) is 45.9 Å². The molecule has 0 aliphatic carbocycles. The van der Waals surface area contributed by atoms with E-state index in [-0.39, 0.29) is 22.6 Å². The number of hydrogen-bond acceptors (Lipinski definition) is 8. The van der Waals surface area contributed by atoms with Crippen molar-refractivity contribution < 1.29 is 23.4 Å². The lowest BCUT2D eigenvalue weighted by molar-refractivity contribution is 0.0612. The molecule has 1 aliphatic heterocycles. The Morgan fingerprint density at radius 2 is 1.72 bits per heavy atom. The average molecular weight is 721 g/mol. The molecular weight excluding hydrogens is 678 g/mol. The first-order valence-electron chi connectivity index (χ1n) is 18.1. The largest absolute Gasteiger partial charge is 0.511 e. The molecule has 10 nitrogen and oxygen atoms in total. The van der Waals surface area contributed by atoms with Crippen LogP contribution in [0.15, 0.2) is 66.0 Å². The van der Waals surface area contributed by atoms with Gasteiger partial charge in [0.15, 0.2) is 11.5 Å². The van der Waals surface area contributed by atoms with Gasteiger partial charge in [-0.1, -0.05) is 11.5 Å². The molecule has 4 heterocycles. The number of methoxy groups -OCH3 is 1. The number of ether oxygens (including phenoxy) is 3. The van der Waals surface area contributed by atoms with Crippen molar-refractivity contribution >= 4 is 80.9 Å². The first kappa shape index (κ1) is 38.6. The first-order valence-corrected chi connectivity index (χ1v) is 18.1. The van der Waals surface area contributed by atoms with Crippen molar-refractivity contribution in [2.75, 3.05) is 31.4 Å². The number of aryl methyl sites for hydroxylation is 1. The molecule has 3 N–H and O–H groups in total. The summed E-state index contributed by atoms with van der Waals surface area (Å²) in [6.45, 7) is 3.87. The number of carbonyl (C=O) groups excluding carboxylic acids is 1. The fourth-order valence-corrected chi connectivity index (χ4v) is 6.97. The van der Waals surface area contributed by atoms with Crippen LogP contribution in [0.5, 0.6) is 11.5 Å². The number of benzene rings is 2. The van der Waals surface area contributed by atoms with Gasteiger partial charge in [0.1, 0.15) is 64.3 Å². The number of rotatable bonds is 10. The molecule has 17 heteroatoms. The van der Waals surface area contributed by atoms with Crippen molar-refractivity contribution in [1.29, 1.82) is 0 Å². The SMILES string of the molecule is Bc1c(B)c(-c2cnc(N)c(-c3ccc(NC(=O)c4cn(CC5CCOCC5)cc(-c5ccc(C)cn5)c4=O)cc3F)c2)c(B)c(OC(B)(B)B)c1OC. The van der Waals surface area contributed by atoms with E-state index < -0.39 is 22.5 Å². The summed E-state index contributed by atoms with van der Waals surface area (Å²) in [5.41, 5.74) is 12.7. The normalized spacial score (nSPS) is 13.4. The zero-order valence-electron chi connectivity index (χ0n) is 32.2. The lowest BCUT2D eigenvalue weighted by atomic mass is 9.52. The lowest BCUT2D eigenvalue weighted by Gasteiger charge is -2.29. The molecule has 0 spiro atoms. The van der Waals surface area contributed by atoms with E-state index in [1.165, 1.54) is 6.07 Å². The standard InChI is InChI=1S/C37H42B6FN5O5/c1-18-3-6-27(46-13-18)24-16-49(15-19-7-9-53-10-8-19)17-25(32(24)50)36(51)48-21-4-5-22(26(44)12-21)23-11-20(14-47-35(23)45)28-29(38)31(40)33(52-2)34(30(28)39)54-37(41,42)43/h3-6,11-14,16-17,19H,7-10,15,38-43H2,1-2H3,(H2,45,47)(H,48,51). The fraction of sp³-hybridized carbons (Fsp3) is 0.243. The Morgan fingerprint density at radius 1 is 0.981 bits per heavy atom. The summed E-state index contributed by atoms with van der Waals surface area (Å²) in [4.78, 5) is 36.4. The summed E-state index contributed by atoms with van der Waals surface area (Å²) in [6.07, 6.45) is 8.43. The van der Waals surface area contributed by atoms with Crippen molar-refractivity contribution in [3.63, 3.8) is 0 Å². The molecule has 1 saturated heterocycles. The Labute approximate surface area is 320 Å². The number of halogens is 1. The van der Waals surface area contributed by atoms with Gasteiger partial charge in [0.05, 0.1) is 18.4 Å². The summed E-state index contributed by atoms with van der Waals surface area (Å²) >= 11 is 0. The molecule has 54 heavy (non-hydrogen) atoms. The van der Waals surface area contributed by atoms with Crippen molar-refractivity contribution in [1.82, 2.24) is 14.5 Å². The van der Waals surface area contributed by atoms with Crippen LogP contribution in [0.2, 0.25) is 0 Å². The maximum absolute atomic E-state index is 16.0. The summed E-state index contributed by atoms with van der Waals surface area (Å²) in [6, 6.07) is 9.80. The van der Waals surface area contributed by atoms with E-state index in [9.17, 15) is 9.59 Å². The topological polar surface area (TPSA) is 131 Å². The van der Waals surface area contributed by atoms with E-state index in [2.05, 4.69) is 15.3 Å². The highest BCUT2D eigenvalue weighted by molar-refractivity contribution is 6.59. The molecule has 1 fully saturated rings. The van der Waals surface area contributed by atoms with Crippen LogP contribution >= 0.6 is 0 Å². The fourth-order valence-electron chi connectivity index (χ4n) is 6.97. The van der Waals surface area contributed by atoms with Gasteiger partial charge in [-0.2, -0.15) is 0 Å². The van der Waals surface area contributed by atoms with Gasteiger partial charge >= 0.3 is 0 Å². The van der Waals surface area contributed by atoms with E-state index in [0.29, 0.717) is 54.0 Å². The number of nitrogens with two attached hydrogens (primary N) is 1. The van der Waals surface area contributed by atoms with E-state index in [1.807, 2.05) is 70.7 Å². The Balaban J connectivity index is 1.33. The van der Waals surface area contributed by atoms with Crippen LogP contribution in [0.1, 0.15) is 28.8 Å². The molecule has 0 unspecified atom stereocenters. The third-order valence-electron chi connectivity index (χ3n) is 9.86. The van der Waals surface area contributed by atoms with Gasteiger partial charge in [0.2, 0.25) is 5.43 Å². The minimum absolute atomic E-state index is 0.0668. The average Bonchev–Trinajstić information content (AvgIpc) is 3.12. The maximum atomic E-state index is 16.0. The van der Waals surface area contributed by atoms with Gasteiger partial charge in [-0.25, -0.2) is 9.37 Å². The summed E-state index contributed by atoms with van der Waals surface area (Å²) in [5.74, 6) is 0.492. The molecule has 1 aliphatic rings. The Morgan fingerprint density at radius 3 is 2.37 bits per heavy atom. The van der Waals surface area contributed by atoms with E-state index >= 15 is 4.39 Å². The van der Waals surface area contributed by atoms with Gasteiger partial charge in [-0.3, -0.25) is 14.6 Å². The van der Waals surface area contributed by atoms with Crippen LogP contribution in [0.25, 0.3) is 33.5 Å². The van der Waals surface area contributed by atoms with Crippen LogP contribution in [-0.4, -0.2) is 93.1 Å². The third-order valence-corrected chi connectivity index (χ3v) is 9.86. The highest BCUT2D eigenvalue weighted by Crippen LogP contribution is 2.34. The second kappa shape index (κ2) is 15.7. The Bertz CT molecular complexity index is 2300. The molecule has 0 atom stereocenters. The molecule has 0 bridgehead atoms. The lowest BCUT2D eigenvalue weighted by Crippen LogP contribution is -2.42. The number of nitrogens with one attached hydrogen (secondary N) is 1. The monoisotopic (exact) mass is 721 g/mol. The van der Waals surface area contributed by atoms with Crippen molar-refractivity contribution in [3.05, 3.63) is 88.4 Å². The number of amides is 1. The minimum atomic E-state index is -0.654. The van der Waals surface area contributed by atoms with Crippen LogP contribution in [0.4, 0.5) is 15.9 Å². The van der Waals surface area contributed by atoms with E-state index in [4.69, 9.17) is 19.9 Å². The number of pyridine rings is 3. The zero-order chi connectivity index (χ0) is 38.9. The van der Waals surface area contributed by atoms with Gasteiger partial charge in [-0.05, 0) is 83.6 Å². The molecule has 3 aromatic heterocycles. The predicted octanol–water partition coefficient (Wildman–Crippen LogP) is -1.98. The minimum Gasteiger partial charge on any atom is -0.511 e. The molecule has 0 radical (unpaired) electrons. The summed E-state index contributed by atoms with van der Waals surface area (Å²) < 4.78 is 35.6. The number of hydrogen-bond donors (Lipinski definition) is 2. The third kappa shape index (κ3) is 8.16. The zero-order valence-corrected chi connectivity index (χ0v) is 32.2. The number of aromatic nitrogens is 3. The first-order chi connectivity index (χ1) is 25.6. The smallest absolute Gasteiger partial charge is 0.261 e. The summed E-state index contributed by atoms with van der Waals surface area (Å²) in [5, 5.41) is 2.26. The molecule has 5 aromatic rings. The number of nitrogen functional groups attached to an aromatic ring is 1. The highest BCUT2D eigenvalue weighted by Gasteiger charge is 2.25. The van der Waals surface area contributed by atoms with Gasteiger partial charge in [0.25, 0.3) is 5.91 Å². The predicted molar refractivity (Wildman–Crippen MR) is 230 cm³/mol. The number of anilines is 2. The van der Waals surface area contributed by atoms with Crippen LogP contribution in [-0.2, 0) is 11.3 Å². The van der Waals surface area contributed by atoms with Crippen LogP contribution in [0.3, 0.4) is 0 Å². The highest BCUT2D eigenvalue weighted by atomic mass is 19.1. The van der Waals surface area contributed by atoms with Gasteiger partial charge in [-0.15, -0.1) is 0 Å². The Hall–Kier alpha value is -5.16. The second-order valence-corrected chi connectivity index (χ2v) is 15.0. The van der Waals surface area contributed by atoms with Gasteiger partial charge in [0, 0.05) is 66.7 Å². The van der Waals surface area contributed by atoms with Crippen molar-refractivity contribution in [2.45, 2.75) is 31.6 Å². The molecule has 6 rings (SSSR count). The van der Waals surface area contributed by atoms with Gasteiger partial charge < -0.3 is 29.8 Å². The number of carbonyl (C=O) groups is 1. The number of nitrogens with zero attached hydrogens (tertiary/aromatic N) is 3. The molecule has 0 saturated carbocycles. The summed E-state index contributed by atoms with van der Waals surface area (Å²) in [7, 11) is 13.5. The van der Waals surface area contributed by atoms with Crippen LogP contribution in [0, 0.1) is 18.7 Å². The second-order valence-electron chi connectivity index (χ2n) is 15.0. The molecule has 1 amide bonds. The molecular formula is C37H42B6FN5O5. The van der Waals surface area contributed by atoms with Crippen molar-refractivity contribution in [2.24, 2.45) is 5.92 Å². The van der Waals surface area contributed by atoms with Crippen LogP contribution < -0.4 is 42.3 Å². The Kier molecular flexibility index (Phi) is 11.2. The van der Waals surface area contributed by atoms with E-state index in [1.54, 1.807) is 50.1 Å². The maximum Gasteiger partial charge on any atom is 0.261 e. The van der Waals surface area contributed by atoms with Crippen molar-refractivity contribution in [3.8, 4) is 45.0 Å².